The van der Waals surface area contributed by atoms with Crippen molar-refractivity contribution in [3.05, 3.63) is 35.0 Å². The summed E-state index contributed by atoms with van der Waals surface area (Å²) in [4.78, 5) is 23.1. The molecule has 0 aliphatic carbocycles. The Morgan fingerprint density at radius 1 is 1.30 bits per heavy atom. The van der Waals surface area contributed by atoms with Gasteiger partial charge in [-0.3, -0.25) is 0 Å². The fraction of sp³-hybridized carbons (Fsp3) is 0.429. The molecule has 0 saturated heterocycles. The molecule has 0 amide bonds. The first-order chi connectivity index (χ1) is 9.58. The first-order valence-corrected chi connectivity index (χ1v) is 6.53. The Labute approximate surface area is 115 Å². The molecule has 6 heteroatoms. The molecule has 0 aromatic carbocycles. The maximum Gasteiger partial charge on any atom is 0.378 e. The number of hydrogen-bond acceptors (Lipinski definition) is 6. The van der Waals surface area contributed by atoms with Crippen molar-refractivity contribution in [2.45, 2.75) is 38.4 Å². The van der Waals surface area contributed by atoms with Gasteiger partial charge in [-0.1, -0.05) is 6.92 Å². The number of esters is 2. The Morgan fingerprint density at radius 3 is 2.85 bits per heavy atom. The Kier molecular flexibility index (Phi) is 3.00. The largest absolute Gasteiger partial charge is 0.499 e. The molecule has 20 heavy (non-hydrogen) atoms. The van der Waals surface area contributed by atoms with Gasteiger partial charge in [0.05, 0.1) is 11.7 Å². The summed E-state index contributed by atoms with van der Waals surface area (Å²) in [5.41, 5.74) is 0.309. The van der Waals surface area contributed by atoms with Crippen molar-refractivity contribution in [2.75, 3.05) is 0 Å². The molecule has 0 radical (unpaired) electrons. The van der Waals surface area contributed by atoms with E-state index in [2.05, 4.69) is 0 Å². The van der Waals surface area contributed by atoms with Gasteiger partial charge in [-0.05, 0) is 25.0 Å². The number of aliphatic hydroxyl groups excluding tert-OH is 1. The van der Waals surface area contributed by atoms with Crippen LogP contribution in [0.1, 0.15) is 26.2 Å². The number of allylic oxidation sites excluding steroid dienone is 1. The molecule has 2 atom stereocenters. The number of ether oxygens (including phenoxy) is 3. The van der Waals surface area contributed by atoms with Gasteiger partial charge in [0.2, 0.25) is 5.76 Å². The number of aliphatic hydroxyl groups is 1. The van der Waals surface area contributed by atoms with E-state index in [9.17, 15) is 14.7 Å². The molecule has 6 nitrogen and oxygen atoms in total. The van der Waals surface area contributed by atoms with Crippen LogP contribution in [0.4, 0.5) is 0 Å². The molecule has 106 valence electrons. The molecular weight excluding hydrogens is 264 g/mol. The Hall–Kier alpha value is -2.24. The van der Waals surface area contributed by atoms with Gasteiger partial charge < -0.3 is 19.3 Å². The predicted molar refractivity (Wildman–Crippen MR) is 66.2 cm³/mol. The second-order valence-corrected chi connectivity index (χ2v) is 4.85. The highest BCUT2D eigenvalue weighted by Gasteiger charge is 2.38. The van der Waals surface area contributed by atoms with Crippen molar-refractivity contribution in [1.29, 1.82) is 0 Å². The van der Waals surface area contributed by atoms with E-state index in [1.54, 1.807) is 6.08 Å². The first kappa shape index (κ1) is 12.8. The number of fused-ring (bicyclic) bond motifs is 2. The van der Waals surface area contributed by atoms with Crippen LogP contribution in [-0.4, -0.2) is 29.3 Å². The van der Waals surface area contributed by atoms with E-state index < -0.39 is 23.8 Å². The lowest BCUT2D eigenvalue weighted by atomic mass is 10.1. The van der Waals surface area contributed by atoms with Gasteiger partial charge >= 0.3 is 11.9 Å². The first-order valence-electron chi connectivity index (χ1n) is 6.53. The van der Waals surface area contributed by atoms with Crippen LogP contribution >= 0.6 is 0 Å². The molecule has 0 aromatic heterocycles. The molecular formula is C14H14O6. The minimum Gasteiger partial charge on any atom is -0.499 e. The van der Waals surface area contributed by atoms with E-state index >= 15 is 0 Å². The number of carbonyl (C=O) groups excluding carboxylic acids is 2. The molecule has 3 aliphatic heterocycles. The van der Waals surface area contributed by atoms with Crippen molar-refractivity contribution in [3.63, 3.8) is 0 Å². The summed E-state index contributed by atoms with van der Waals surface area (Å²) in [6, 6.07) is 0. The lowest BCUT2D eigenvalue weighted by Gasteiger charge is -2.20. The Morgan fingerprint density at radius 2 is 2.10 bits per heavy atom. The average Bonchev–Trinajstić information content (AvgIpc) is 2.89. The molecule has 0 saturated carbocycles. The van der Waals surface area contributed by atoms with Crippen molar-refractivity contribution >= 4 is 11.9 Å². The minimum atomic E-state index is -0.882. The topological polar surface area (TPSA) is 82.1 Å². The zero-order valence-electron chi connectivity index (χ0n) is 10.9. The van der Waals surface area contributed by atoms with Crippen molar-refractivity contribution in [3.8, 4) is 0 Å². The van der Waals surface area contributed by atoms with Crippen LogP contribution in [0.15, 0.2) is 35.0 Å². The van der Waals surface area contributed by atoms with Gasteiger partial charge in [0, 0.05) is 6.42 Å². The normalized spacial score (nSPS) is 31.6. The fourth-order valence-corrected chi connectivity index (χ4v) is 2.36. The number of rotatable bonds is 1. The molecule has 2 bridgehead atoms. The molecule has 3 heterocycles. The highest BCUT2D eigenvalue weighted by Crippen LogP contribution is 2.32. The third kappa shape index (κ3) is 2.07. The molecule has 1 N–H and O–H groups in total. The average molecular weight is 278 g/mol. The van der Waals surface area contributed by atoms with Crippen LogP contribution in [-0.2, 0) is 23.8 Å². The predicted octanol–water partition coefficient (Wildman–Crippen LogP) is 1.64. The molecule has 0 aromatic rings. The van der Waals surface area contributed by atoms with E-state index in [0.29, 0.717) is 30.6 Å². The van der Waals surface area contributed by atoms with Crippen LogP contribution < -0.4 is 0 Å². The van der Waals surface area contributed by atoms with E-state index in [0.717, 1.165) is 0 Å². The zero-order chi connectivity index (χ0) is 14.3. The third-order valence-corrected chi connectivity index (χ3v) is 3.49. The summed E-state index contributed by atoms with van der Waals surface area (Å²) >= 11 is 0. The lowest BCUT2D eigenvalue weighted by Crippen LogP contribution is -2.18. The smallest absolute Gasteiger partial charge is 0.378 e. The standard InChI is InChI=1S/C14H14O6/c1-2-8-3-4-9-5-7(13(16)19-9)6-10-12(18-8)11(15)14(17)20-10/h5-6,8,10,15H,2-4H2,1H3/b7-6+. The summed E-state index contributed by atoms with van der Waals surface area (Å²) in [5.74, 6) is -1.18. The van der Waals surface area contributed by atoms with E-state index in [4.69, 9.17) is 14.2 Å². The van der Waals surface area contributed by atoms with Gasteiger partial charge in [-0.2, -0.15) is 0 Å². The monoisotopic (exact) mass is 278 g/mol. The van der Waals surface area contributed by atoms with Crippen molar-refractivity contribution in [1.82, 2.24) is 0 Å². The highest BCUT2D eigenvalue weighted by atomic mass is 16.6. The Balaban J connectivity index is 2.01. The van der Waals surface area contributed by atoms with Crippen LogP contribution in [0.2, 0.25) is 0 Å². The van der Waals surface area contributed by atoms with E-state index in [1.807, 2.05) is 6.92 Å². The summed E-state index contributed by atoms with van der Waals surface area (Å²) in [6.45, 7) is 1.94. The molecule has 3 rings (SSSR count). The Bertz CT molecular complexity index is 568. The third-order valence-electron chi connectivity index (χ3n) is 3.49. The number of hydrogen-bond donors (Lipinski definition) is 1. The molecule has 0 spiro atoms. The van der Waals surface area contributed by atoms with Crippen LogP contribution in [0.5, 0.6) is 0 Å². The maximum atomic E-state index is 11.7. The van der Waals surface area contributed by atoms with Gasteiger partial charge in [0.1, 0.15) is 5.76 Å². The summed E-state index contributed by atoms with van der Waals surface area (Å²) in [6.07, 6.45) is 3.91. The van der Waals surface area contributed by atoms with Crippen LogP contribution in [0.3, 0.4) is 0 Å². The van der Waals surface area contributed by atoms with Gasteiger partial charge in [0.15, 0.2) is 11.9 Å². The van der Waals surface area contributed by atoms with Gasteiger partial charge in [-0.15, -0.1) is 0 Å². The second-order valence-electron chi connectivity index (χ2n) is 4.85. The van der Waals surface area contributed by atoms with E-state index in [1.165, 1.54) is 6.08 Å². The van der Waals surface area contributed by atoms with Gasteiger partial charge in [-0.25, -0.2) is 9.59 Å². The molecule has 3 aliphatic rings. The molecule has 0 fully saturated rings. The van der Waals surface area contributed by atoms with Gasteiger partial charge in [0.25, 0.3) is 0 Å². The van der Waals surface area contributed by atoms with Crippen LogP contribution in [0.25, 0.3) is 0 Å². The van der Waals surface area contributed by atoms with Crippen LogP contribution in [0, 0.1) is 0 Å². The SMILES string of the molecule is CCC1CCC2=C/C(=C\C3OC(=O)C(O)=C3O1)C(=O)O2. The summed E-state index contributed by atoms with van der Waals surface area (Å²) in [5, 5.41) is 9.74. The van der Waals surface area contributed by atoms with E-state index in [-0.39, 0.29) is 11.9 Å². The van der Waals surface area contributed by atoms with Crippen molar-refractivity contribution < 1.29 is 28.9 Å². The lowest BCUT2D eigenvalue weighted by molar-refractivity contribution is -0.141. The minimum absolute atomic E-state index is 0.0749. The maximum absolute atomic E-state index is 11.7. The highest BCUT2D eigenvalue weighted by molar-refractivity contribution is 5.96. The zero-order valence-corrected chi connectivity index (χ0v) is 10.9. The second kappa shape index (κ2) is 4.70. The quantitative estimate of drug-likeness (QED) is 0.734. The number of carbonyl (C=O) groups is 2. The molecule has 2 unspecified atom stereocenters. The van der Waals surface area contributed by atoms with Crippen molar-refractivity contribution in [2.24, 2.45) is 0 Å². The summed E-state index contributed by atoms with van der Waals surface area (Å²) in [7, 11) is 0. The fourth-order valence-electron chi connectivity index (χ4n) is 2.36. The summed E-state index contributed by atoms with van der Waals surface area (Å²) < 4.78 is 15.8.